The van der Waals surface area contributed by atoms with Gasteiger partial charge in [0.15, 0.2) is 0 Å². The summed E-state index contributed by atoms with van der Waals surface area (Å²) in [6.07, 6.45) is 55.0. The minimum atomic E-state index is -0.330. The van der Waals surface area contributed by atoms with Crippen LogP contribution >= 0.6 is 0 Å². The van der Waals surface area contributed by atoms with Crippen molar-refractivity contribution >= 4 is 5.97 Å². The predicted molar refractivity (Wildman–Crippen MR) is 373 cm³/mol. The average molecular weight is 1280 g/mol. The maximum atomic E-state index is 13.1. The monoisotopic (exact) mass is 1280 g/mol. The lowest BCUT2D eigenvalue weighted by atomic mass is 10.1. The van der Waals surface area contributed by atoms with E-state index >= 15 is 0 Å². The Balaban J connectivity index is 0.518. The lowest BCUT2D eigenvalue weighted by molar-refractivity contribution is -0.688. The Bertz CT molecular complexity index is 4280. The molecule has 6 heterocycles. The number of rotatable bonds is 37. The van der Waals surface area contributed by atoms with E-state index in [4.69, 9.17) is 4.74 Å². The number of hydrogen-bond acceptors (Lipinski definition) is 2. The molecule has 0 aliphatic rings. The maximum absolute atomic E-state index is 13.1. The number of ether oxygens (including phenoxy) is 1. The summed E-state index contributed by atoms with van der Waals surface area (Å²) in [7, 11) is 0. The molecule has 0 aliphatic heterocycles. The number of benzene rings is 6. The third-order valence-corrected chi connectivity index (χ3v) is 18.3. The molecule has 0 unspecified atom stereocenters. The lowest BCUT2D eigenvalue weighted by Gasteiger charge is -2.07. The molecule has 14 nitrogen and oxygen atoms in total. The summed E-state index contributed by atoms with van der Waals surface area (Å²) in [5, 5.41) is 0. The summed E-state index contributed by atoms with van der Waals surface area (Å²) in [4.78, 5) is 13.1. The van der Waals surface area contributed by atoms with Crippen LogP contribution in [-0.4, -0.2) is 33.4 Å². The van der Waals surface area contributed by atoms with Gasteiger partial charge in [-0.05, 0) is 99.0 Å². The number of aryl methyl sites for hydroxylation is 2. The molecule has 492 valence electrons. The molecule has 0 N–H and O–H groups in total. The number of esters is 1. The maximum Gasteiger partial charge on any atom is 0.338 e. The second kappa shape index (κ2) is 33.9. The van der Waals surface area contributed by atoms with Crippen LogP contribution in [0.15, 0.2) is 258 Å². The van der Waals surface area contributed by atoms with Crippen LogP contribution in [0.25, 0.3) is 0 Å². The first-order valence-corrected chi connectivity index (χ1v) is 35.2. The Labute approximate surface area is 568 Å². The fourth-order valence-electron chi connectivity index (χ4n) is 12.8. The molecule has 0 atom stereocenters. The van der Waals surface area contributed by atoms with Crippen LogP contribution < -0.4 is 27.4 Å². The number of nitrogens with zero attached hydrogens (tertiary/aromatic N) is 12. The van der Waals surface area contributed by atoms with Gasteiger partial charge in [-0.15, -0.1) is 0 Å². The second-order valence-corrected chi connectivity index (χ2v) is 26.6. The quantitative estimate of drug-likeness (QED) is 0.0221. The van der Waals surface area contributed by atoms with Crippen LogP contribution in [0.3, 0.4) is 0 Å². The summed E-state index contributed by atoms with van der Waals surface area (Å²) in [5.41, 5.74) is 14.0. The zero-order valence-corrected chi connectivity index (χ0v) is 56.6. The second-order valence-electron chi connectivity index (χ2n) is 26.6. The van der Waals surface area contributed by atoms with Gasteiger partial charge in [0, 0.05) is 0 Å². The number of unbranched alkanes of at least 4 members (excludes halogenated alkanes) is 10. The first-order chi connectivity index (χ1) is 47.2. The average Bonchev–Trinajstić information content (AvgIpc) is 1.90. The number of imidazole rings is 6. The highest BCUT2D eigenvalue weighted by Gasteiger charge is 2.15. The van der Waals surface area contributed by atoms with Gasteiger partial charge in [0.1, 0.15) is 146 Å². The molecular formula is C82H98N12O2+6. The van der Waals surface area contributed by atoms with E-state index in [1.165, 1.54) is 127 Å². The Morgan fingerprint density at radius 1 is 0.281 bits per heavy atom. The molecule has 0 saturated heterocycles. The van der Waals surface area contributed by atoms with Crippen LogP contribution in [0.4, 0.5) is 0 Å². The van der Waals surface area contributed by atoms with Gasteiger partial charge in [-0.25, -0.2) is 59.6 Å². The predicted octanol–water partition coefficient (Wildman–Crippen LogP) is 12.8. The van der Waals surface area contributed by atoms with Crippen molar-refractivity contribution in [1.29, 1.82) is 0 Å². The molecular weight excluding hydrogens is 1180 g/mol. The van der Waals surface area contributed by atoms with Crippen molar-refractivity contribution in [2.24, 2.45) is 0 Å². The first-order valence-electron chi connectivity index (χ1n) is 35.2. The van der Waals surface area contributed by atoms with Crippen LogP contribution in [0.2, 0.25) is 0 Å². The Kier molecular flexibility index (Phi) is 23.4. The fourth-order valence-corrected chi connectivity index (χ4v) is 12.8. The third kappa shape index (κ3) is 20.3. The molecule has 0 bridgehead atoms. The van der Waals surface area contributed by atoms with Gasteiger partial charge < -0.3 is 4.74 Å². The van der Waals surface area contributed by atoms with Crippen molar-refractivity contribution in [1.82, 2.24) is 27.4 Å². The van der Waals surface area contributed by atoms with E-state index < -0.39 is 0 Å². The highest BCUT2D eigenvalue weighted by atomic mass is 16.5. The summed E-state index contributed by atoms with van der Waals surface area (Å²) in [6, 6.07) is 52.0. The number of hydrogen-bond donors (Lipinski definition) is 0. The molecule has 12 rings (SSSR count). The van der Waals surface area contributed by atoms with E-state index in [1.54, 1.807) is 0 Å². The lowest BCUT2D eigenvalue weighted by Crippen LogP contribution is -2.32. The SMILES string of the molecule is CCCCCCCCn1cc[n+](Cc2ccc(C[n+]3ccn(Cc4ccc(Cn5cc[n+](Cc6ccc(C(=O)OCc7ccc(Cn8cc[n+](Cc9ccc(Cn%10cc[n+](Cc%11ccc(C[n+]%12ccn(CCCCCCCC)c%12)cc%11)c%10)cc9)c8)cc7)cc6)c5)cc4)c3)cc2)c1. The highest BCUT2D eigenvalue weighted by Crippen LogP contribution is 2.16. The van der Waals surface area contributed by atoms with Crippen molar-refractivity contribution < 1.29 is 36.9 Å². The molecule has 96 heavy (non-hydrogen) atoms. The zero-order chi connectivity index (χ0) is 65.5. The molecule has 0 spiro atoms. The summed E-state index contributed by atoms with van der Waals surface area (Å²) in [6.45, 7) is 15.1. The van der Waals surface area contributed by atoms with Crippen molar-refractivity contribution in [3.05, 3.63) is 325 Å². The molecule has 0 aliphatic carbocycles. The molecule has 0 amide bonds. The standard InChI is InChI=1S/C82H98N12O2/c1-3-5-7-9-11-13-39-83-41-43-85(64-83)53-70-15-19-72(20-16-70)55-87-45-47-89(66-87)57-74-23-25-76(26-24-74)59-91-49-50-93(68-91)61-78-31-33-80(34-32-78)63-96-82(95)81-37-35-79(36-38-81)62-94-52-51-92(69-94)60-77-29-27-75(28-30-77)58-90-48-46-88(67-90)56-73-21-17-71(18-22-73)54-86-44-42-84(65-86)40-14-12-10-8-6-4-2/h15-38,41-52,64-69H,3-14,39-40,53-63H2,1-2H3/q+6. The summed E-state index contributed by atoms with van der Waals surface area (Å²) >= 11 is 0. The summed E-state index contributed by atoms with van der Waals surface area (Å²) in [5.74, 6) is -0.330. The molecule has 0 radical (unpaired) electrons. The summed E-state index contributed by atoms with van der Waals surface area (Å²) < 4.78 is 32.8. The van der Waals surface area contributed by atoms with Gasteiger partial charge in [-0.2, -0.15) is 0 Å². The van der Waals surface area contributed by atoms with E-state index in [2.05, 4.69) is 290 Å². The Hall–Kier alpha value is -9.95. The van der Waals surface area contributed by atoms with E-state index in [0.29, 0.717) is 12.1 Å². The van der Waals surface area contributed by atoms with Crippen LogP contribution in [0, 0.1) is 0 Å². The fraction of sp³-hybridized carbons (Fsp3) is 0.329. The van der Waals surface area contributed by atoms with E-state index in [-0.39, 0.29) is 12.6 Å². The van der Waals surface area contributed by atoms with Gasteiger partial charge >= 0.3 is 5.97 Å². The number of carbonyl (C=O) groups is 1. The van der Waals surface area contributed by atoms with Gasteiger partial charge in [0.2, 0.25) is 38.0 Å². The van der Waals surface area contributed by atoms with E-state index in [0.717, 1.165) is 83.1 Å². The Morgan fingerprint density at radius 3 is 0.802 bits per heavy atom. The van der Waals surface area contributed by atoms with Crippen molar-refractivity contribution in [2.75, 3.05) is 0 Å². The minimum Gasteiger partial charge on any atom is -0.457 e. The molecule has 6 aromatic heterocycles. The van der Waals surface area contributed by atoms with Crippen molar-refractivity contribution in [2.45, 2.75) is 176 Å². The normalized spacial score (nSPS) is 11.5. The first kappa shape index (κ1) is 66.1. The molecule has 0 saturated carbocycles. The minimum absolute atomic E-state index is 0.213. The highest BCUT2D eigenvalue weighted by molar-refractivity contribution is 5.89. The largest absolute Gasteiger partial charge is 0.457 e. The van der Waals surface area contributed by atoms with Gasteiger partial charge in [0.25, 0.3) is 0 Å². The number of aromatic nitrogens is 12. The molecule has 14 heteroatoms. The molecule has 0 fully saturated rings. The Morgan fingerprint density at radius 2 is 0.510 bits per heavy atom. The molecule has 6 aromatic carbocycles. The van der Waals surface area contributed by atoms with E-state index in [9.17, 15) is 4.79 Å². The van der Waals surface area contributed by atoms with Crippen molar-refractivity contribution in [3.8, 4) is 0 Å². The van der Waals surface area contributed by atoms with Gasteiger partial charge in [0.05, 0.1) is 18.7 Å². The van der Waals surface area contributed by atoms with Crippen molar-refractivity contribution in [3.63, 3.8) is 0 Å². The van der Waals surface area contributed by atoms with Crippen LogP contribution in [0.1, 0.15) is 162 Å². The topological polar surface area (TPSA) is 79.2 Å². The smallest absolute Gasteiger partial charge is 0.338 e. The van der Waals surface area contributed by atoms with Gasteiger partial charge in [-0.1, -0.05) is 199 Å². The van der Waals surface area contributed by atoms with Crippen LogP contribution in [0.5, 0.6) is 0 Å². The molecule has 12 aromatic rings. The van der Waals surface area contributed by atoms with E-state index in [1.807, 2.05) is 36.4 Å². The van der Waals surface area contributed by atoms with Crippen LogP contribution in [-0.2, 0) is 89.9 Å². The zero-order valence-electron chi connectivity index (χ0n) is 56.6. The van der Waals surface area contributed by atoms with Gasteiger partial charge in [-0.3, -0.25) is 0 Å². The number of carbonyl (C=O) groups excluding carboxylic acids is 1. The third-order valence-electron chi connectivity index (χ3n) is 18.3.